The molecular weight excluding hydrogens is 416 g/mol. The van der Waals surface area contributed by atoms with Crippen molar-refractivity contribution in [3.05, 3.63) is 23.5 Å². The van der Waals surface area contributed by atoms with Gasteiger partial charge in [0.2, 0.25) is 5.91 Å². The summed E-state index contributed by atoms with van der Waals surface area (Å²) in [6, 6.07) is 3.78. The Labute approximate surface area is 195 Å². The topological polar surface area (TPSA) is 76.5 Å². The summed E-state index contributed by atoms with van der Waals surface area (Å²) in [5, 5.41) is 3.08. The molecule has 1 saturated carbocycles. The van der Waals surface area contributed by atoms with Gasteiger partial charge < -0.3 is 19.5 Å². The summed E-state index contributed by atoms with van der Waals surface area (Å²) < 4.78 is 7.93. The number of benzene rings is 1. The number of hydrogen-bond acceptors (Lipinski definition) is 4. The molecule has 1 aliphatic carbocycles. The summed E-state index contributed by atoms with van der Waals surface area (Å²) in [5.41, 5.74) is 2.88. The first-order valence-electron chi connectivity index (χ1n) is 12.8. The standard InChI is InChI=1S/C26H36N4O3/c1-29-24-20(26(32)30-12-6-2-3-7-13-30)16-19(27-23(31)15-18-9-4-5-10-18)17-21(24)28-25(29)22-11-8-14-33-22/h16-18,22H,2-15H2,1H3,(H,27,31). The number of ether oxygens (including phenoxy) is 1. The molecule has 1 atom stereocenters. The zero-order valence-electron chi connectivity index (χ0n) is 19.8. The van der Waals surface area contributed by atoms with Crippen molar-refractivity contribution in [3.63, 3.8) is 0 Å². The lowest BCUT2D eigenvalue weighted by atomic mass is 10.0. The normalized spacial score (nSPS) is 22.1. The van der Waals surface area contributed by atoms with Crippen LogP contribution in [0.3, 0.4) is 0 Å². The molecule has 2 saturated heterocycles. The number of amides is 2. The Bertz CT molecular complexity index is 1010. The minimum absolute atomic E-state index is 0.0321. The maximum Gasteiger partial charge on any atom is 0.256 e. The van der Waals surface area contributed by atoms with Crippen LogP contribution in [0.5, 0.6) is 0 Å². The van der Waals surface area contributed by atoms with Gasteiger partial charge in [0, 0.05) is 38.9 Å². The SMILES string of the molecule is Cn1c(C2CCCO2)nc2cc(NC(=O)CC3CCCC3)cc(C(=O)N3CCCCCC3)c21. The number of nitrogens with zero attached hydrogens (tertiary/aromatic N) is 3. The van der Waals surface area contributed by atoms with Crippen molar-refractivity contribution in [1.29, 1.82) is 0 Å². The van der Waals surface area contributed by atoms with Crippen LogP contribution in [0.4, 0.5) is 5.69 Å². The summed E-state index contributed by atoms with van der Waals surface area (Å²) in [6.45, 7) is 2.32. The van der Waals surface area contributed by atoms with Gasteiger partial charge in [-0.25, -0.2) is 4.98 Å². The molecule has 1 aromatic heterocycles. The van der Waals surface area contributed by atoms with E-state index in [0.29, 0.717) is 23.6 Å². The van der Waals surface area contributed by atoms with Crippen molar-refractivity contribution in [2.45, 2.75) is 76.7 Å². The first-order valence-corrected chi connectivity index (χ1v) is 12.8. The predicted octanol–water partition coefficient (Wildman–Crippen LogP) is 4.96. The van der Waals surface area contributed by atoms with E-state index in [1.807, 2.05) is 28.6 Å². The highest BCUT2D eigenvalue weighted by molar-refractivity contribution is 6.07. The molecule has 2 aromatic rings. The Balaban J connectivity index is 1.49. The van der Waals surface area contributed by atoms with E-state index >= 15 is 0 Å². The number of rotatable bonds is 5. The van der Waals surface area contributed by atoms with Crippen LogP contribution >= 0.6 is 0 Å². The largest absolute Gasteiger partial charge is 0.370 e. The van der Waals surface area contributed by atoms with Gasteiger partial charge >= 0.3 is 0 Å². The number of carbonyl (C=O) groups is 2. The van der Waals surface area contributed by atoms with Crippen LogP contribution in [0.2, 0.25) is 0 Å². The third kappa shape index (κ3) is 4.79. The van der Waals surface area contributed by atoms with Gasteiger partial charge in [-0.3, -0.25) is 9.59 Å². The fourth-order valence-corrected chi connectivity index (χ4v) is 5.81. The van der Waals surface area contributed by atoms with Gasteiger partial charge in [-0.1, -0.05) is 25.7 Å². The molecule has 1 N–H and O–H groups in total. The van der Waals surface area contributed by atoms with E-state index in [-0.39, 0.29) is 17.9 Å². The molecular formula is C26H36N4O3. The van der Waals surface area contributed by atoms with Crippen LogP contribution in [0.25, 0.3) is 11.0 Å². The molecule has 3 fully saturated rings. The maximum atomic E-state index is 13.7. The Kier molecular flexibility index (Phi) is 6.67. The highest BCUT2D eigenvalue weighted by Crippen LogP contribution is 2.33. The van der Waals surface area contributed by atoms with E-state index < -0.39 is 0 Å². The molecule has 0 bridgehead atoms. The summed E-state index contributed by atoms with van der Waals surface area (Å²) in [6.07, 6.45) is 11.6. The fourth-order valence-electron chi connectivity index (χ4n) is 5.81. The van der Waals surface area contributed by atoms with Gasteiger partial charge in [0.15, 0.2) is 0 Å². The van der Waals surface area contributed by atoms with E-state index in [0.717, 1.165) is 75.1 Å². The van der Waals surface area contributed by atoms with E-state index in [1.54, 1.807) is 0 Å². The summed E-state index contributed by atoms with van der Waals surface area (Å²) in [7, 11) is 1.98. The van der Waals surface area contributed by atoms with Gasteiger partial charge in [0.25, 0.3) is 5.91 Å². The number of anilines is 1. The average molecular weight is 453 g/mol. The van der Waals surface area contributed by atoms with Crippen LogP contribution in [-0.2, 0) is 16.6 Å². The van der Waals surface area contributed by atoms with Crippen LogP contribution in [0.1, 0.15) is 92.9 Å². The summed E-state index contributed by atoms with van der Waals surface area (Å²) >= 11 is 0. The number of imidazole rings is 1. The van der Waals surface area contributed by atoms with Crippen molar-refractivity contribution in [1.82, 2.24) is 14.5 Å². The van der Waals surface area contributed by atoms with Gasteiger partial charge in [-0.05, 0) is 56.6 Å². The molecule has 2 amide bonds. The van der Waals surface area contributed by atoms with Crippen molar-refractivity contribution < 1.29 is 14.3 Å². The summed E-state index contributed by atoms with van der Waals surface area (Å²) in [4.78, 5) is 33.3. The zero-order chi connectivity index (χ0) is 22.8. The van der Waals surface area contributed by atoms with E-state index in [2.05, 4.69) is 5.32 Å². The molecule has 1 aromatic carbocycles. The second kappa shape index (κ2) is 9.84. The quantitative estimate of drug-likeness (QED) is 0.696. The number of fused-ring (bicyclic) bond motifs is 1. The second-order valence-electron chi connectivity index (χ2n) is 10.0. The number of aromatic nitrogens is 2. The Morgan fingerprint density at radius 3 is 2.48 bits per heavy atom. The highest BCUT2D eigenvalue weighted by atomic mass is 16.5. The predicted molar refractivity (Wildman–Crippen MR) is 128 cm³/mol. The number of hydrogen-bond donors (Lipinski definition) is 1. The molecule has 3 heterocycles. The van der Waals surface area contributed by atoms with Crippen molar-refractivity contribution in [2.24, 2.45) is 13.0 Å². The maximum absolute atomic E-state index is 13.7. The Hall–Kier alpha value is -2.41. The molecule has 178 valence electrons. The smallest absolute Gasteiger partial charge is 0.256 e. The highest BCUT2D eigenvalue weighted by Gasteiger charge is 2.28. The minimum Gasteiger partial charge on any atom is -0.370 e. The lowest BCUT2D eigenvalue weighted by Crippen LogP contribution is -2.32. The minimum atomic E-state index is -0.0380. The zero-order valence-corrected chi connectivity index (χ0v) is 19.8. The van der Waals surface area contributed by atoms with Gasteiger partial charge in [-0.15, -0.1) is 0 Å². The van der Waals surface area contributed by atoms with Crippen molar-refractivity contribution in [3.8, 4) is 0 Å². The third-order valence-electron chi connectivity index (χ3n) is 7.58. The number of nitrogens with one attached hydrogen (secondary N) is 1. The molecule has 3 aliphatic rings. The first kappa shape index (κ1) is 22.4. The molecule has 2 aliphatic heterocycles. The monoisotopic (exact) mass is 452 g/mol. The van der Waals surface area contributed by atoms with Crippen molar-refractivity contribution >= 4 is 28.5 Å². The van der Waals surface area contributed by atoms with E-state index in [1.165, 1.54) is 25.7 Å². The van der Waals surface area contributed by atoms with Crippen LogP contribution in [0.15, 0.2) is 12.1 Å². The molecule has 33 heavy (non-hydrogen) atoms. The van der Waals surface area contributed by atoms with Gasteiger partial charge in [-0.2, -0.15) is 0 Å². The lowest BCUT2D eigenvalue weighted by Gasteiger charge is -2.21. The number of aryl methyl sites for hydroxylation is 1. The molecule has 0 radical (unpaired) electrons. The number of carbonyl (C=O) groups excluding carboxylic acids is 2. The lowest BCUT2D eigenvalue weighted by molar-refractivity contribution is -0.117. The number of likely N-dealkylation sites (tertiary alicyclic amines) is 1. The first-order chi connectivity index (χ1) is 16.1. The van der Waals surface area contributed by atoms with E-state index in [4.69, 9.17) is 9.72 Å². The average Bonchev–Trinajstić information content (AvgIpc) is 3.52. The van der Waals surface area contributed by atoms with Crippen molar-refractivity contribution in [2.75, 3.05) is 25.0 Å². The molecule has 1 unspecified atom stereocenters. The van der Waals surface area contributed by atoms with Crippen LogP contribution < -0.4 is 5.32 Å². The second-order valence-corrected chi connectivity index (χ2v) is 10.0. The summed E-state index contributed by atoms with van der Waals surface area (Å²) in [5.74, 6) is 1.41. The fraction of sp³-hybridized carbons (Fsp3) is 0.654. The van der Waals surface area contributed by atoms with Gasteiger partial charge in [0.05, 0.1) is 16.6 Å². The molecule has 5 rings (SSSR count). The van der Waals surface area contributed by atoms with Crippen LogP contribution in [-0.4, -0.2) is 46.0 Å². The van der Waals surface area contributed by atoms with Crippen LogP contribution in [0, 0.1) is 5.92 Å². The molecule has 0 spiro atoms. The molecule has 7 heteroatoms. The Morgan fingerprint density at radius 1 is 1.03 bits per heavy atom. The van der Waals surface area contributed by atoms with E-state index in [9.17, 15) is 9.59 Å². The Morgan fingerprint density at radius 2 is 1.79 bits per heavy atom. The molecule has 7 nitrogen and oxygen atoms in total. The van der Waals surface area contributed by atoms with Gasteiger partial charge in [0.1, 0.15) is 11.9 Å². The third-order valence-corrected chi connectivity index (χ3v) is 7.58.